The van der Waals surface area contributed by atoms with Crippen LogP contribution < -0.4 is 5.32 Å². The van der Waals surface area contributed by atoms with Gasteiger partial charge in [-0.25, -0.2) is 0 Å². The zero-order valence-corrected chi connectivity index (χ0v) is 11.5. The molecule has 5 heteroatoms. The van der Waals surface area contributed by atoms with E-state index in [9.17, 15) is 4.79 Å². The van der Waals surface area contributed by atoms with Gasteiger partial charge in [-0.1, -0.05) is 36.4 Å². The Morgan fingerprint density at radius 1 is 0.952 bits per heavy atom. The molecule has 1 N–H and O–H groups in total. The monoisotopic (exact) mass is 278 g/mol. The summed E-state index contributed by atoms with van der Waals surface area (Å²) >= 11 is 0. The van der Waals surface area contributed by atoms with Gasteiger partial charge in [0.1, 0.15) is 0 Å². The van der Waals surface area contributed by atoms with Gasteiger partial charge in [-0.05, 0) is 31.2 Å². The van der Waals surface area contributed by atoms with Gasteiger partial charge in [0.2, 0.25) is 0 Å². The molecule has 1 amide bonds. The average Bonchev–Trinajstić information content (AvgIpc) is 2.91. The van der Waals surface area contributed by atoms with E-state index in [-0.39, 0.29) is 5.91 Å². The minimum Gasteiger partial charge on any atom is -0.321 e. The van der Waals surface area contributed by atoms with Crippen LogP contribution in [-0.2, 0) is 0 Å². The number of carbonyl (C=O) groups excluding carboxylic acids is 1. The Morgan fingerprint density at radius 2 is 1.57 bits per heavy atom. The predicted octanol–water partition coefficient (Wildman–Crippen LogP) is 2.83. The molecule has 1 aromatic heterocycles. The third-order valence-corrected chi connectivity index (χ3v) is 3.02. The minimum atomic E-state index is -0.263. The lowest BCUT2D eigenvalue weighted by atomic mass is 10.3. The summed E-state index contributed by atoms with van der Waals surface area (Å²) in [4.78, 5) is 13.7. The molecule has 5 nitrogen and oxygen atoms in total. The van der Waals surface area contributed by atoms with Crippen LogP contribution in [0, 0.1) is 6.92 Å². The van der Waals surface area contributed by atoms with Gasteiger partial charge >= 0.3 is 0 Å². The van der Waals surface area contributed by atoms with E-state index in [1.165, 1.54) is 4.80 Å². The summed E-state index contributed by atoms with van der Waals surface area (Å²) in [5, 5.41) is 11.4. The molecule has 0 aliphatic rings. The number of hydrogen-bond donors (Lipinski definition) is 1. The number of anilines is 1. The Balaban J connectivity index is 1.86. The van der Waals surface area contributed by atoms with E-state index in [1.54, 1.807) is 6.92 Å². The van der Waals surface area contributed by atoms with Crippen molar-refractivity contribution in [3.63, 3.8) is 0 Å². The van der Waals surface area contributed by atoms with Crippen LogP contribution in [0.25, 0.3) is 5.69 Å². The molecule has 0 saturated carbocycles. The molecule has 1 heterocycles. The molecule has 21 heavy (non-hydrogen) atoms. The maximum atomic E-state index is 12.3. The fraction of sp³-hybridized carbons (Fsp3) is 0.0625. The molecule has 0 spiro atoms. The second-order valence-corrected chi connectivity index (χ2v) is 4.58. The van der Waals surface area contributed by atoms with Crippen molar-refractivity contribution in [1.29, 1.82) is 0 Å². The Hall–Kier alpha value is -2.95. The van der Waals surface area contributed by atoms with Gasteiger partial charge in [0.15, 0.2) is 5.69 Å². The number of para-hydroxylation sites is 2. The number of aryl methyl sites for hydroxylation is 1. The summed E-state index contributed by atoms with van der Waals surface area (Å²) < 4.78 is 0. The lowest BCUT2D eigenvalue weighted by Crippen LogP contribution is -2.14. The summed E-state index contributed by atoms with van der Waals surface area (Å²) in [5.41, 5.74) is 2.46. The van der Waals surface area contributed by atoms with Crippen molar-refractivity contribution in [3.8, 4) is 5.69 Å². The summed E-state index contributed by atoms with van der Waals surface area (Å²) in [6.07, 6.45) is 0. The van der Waals surface area contributed by atoms with Gasteiger partial charge in [-0.2, -0.15) is 9.90 Å². The van der Waals surface area contributed by atoms with Crippen LogP contribution in [0.5, 0.6) is 0 Å². The molecule has 0 radical (unpaired) electrons. The number of amides is 1. The lowest BCUT2D eigenvalue weighted by Gasteiger charge is -2.02. The number of rotatable bonds is 3. The molecule has 104 valence electrons. The van der Waals surface area contributed by atoms with Crippen LogP contribution in [0.3, 0.4) is 0 Å². The van der Waals surface area contributed by atoms with Crippen LogP contribution in [-0.4, -0.2) is 20.9 Å². The molecule has 3 rings (SSSR count). The first-order valence-corrected chi connectivity index (χ1v) is 6.60. The third-order valence-electron chi connectivity index (χ3n) is 3.02. The van der Waals surface area contributed by atoms with Crippen LogP contribution in [0.15, 0.2) is 60.7 Å². The smallest absolute Gasteiger partial charge is 0.278 e. The first-order valence-electron chi connectivity index (χ1n) is 6.60. The summed E-state index contributed by atoms with van der Waals surface area (Å²) in [7, 11) is 0. The van der Waals surface area contributed by atoms with Gasteiger partial charge in [0.05, 0.1) is 11.4 Å². The van der Waals surface area contributed by atoms with Crippen molar-refractivity contribution < 1.29 is 4.79 Å². The Bertz CT molecular complexity index is 750. The number of benzene rings is 2. The second-order valence-electron chi connectivity index (χ2n) is 4.58. The molecule has 0 atom stereocenters. The van der Waals surface area contributed by atoms with Crippen LogP contribution in [0.4, 0.5) is 5.69 Å². The zero-order chi connectivity index (χ0) is 14.7. The number of carbonyl (C=O) groups is 1. The normalized spacial score (nSPS) is 10.3. The number of nitrogens with zero attached hydrogens (tertiary/aromatic N) is 3. The quantitative estimate of drug-likeness (QED) is 0.801. The van der Waals surface area contributed by atoms with Crippen LogP contribution >= 0.6 is 0 Å². The van der Waals surface area contributed by atoms with Crippen molar-refractivity contribution in [1.82, 2.24) is 15.0 Å². The van der Waals surface area contributed by atoms with E-state index in [0.717, 1.165) is 11.4 Å². The van der Waals surface area contributed by atoms with Crippen LogP contribution in [0.1, 0.15) is 16.2 Å². The van der Waals surface area contributed by atoms with Crippen molar-refractivity contribution in [3.05, 3.63) is 72.1 Å². The van der Waals surface area contributed by atoms with E-state index in [4.69, 9.17) is 0 Å². The fourth-order valence-electron chi connectivity index (χ4n) is 1.98. The van der Waals surface area contributed by atoms with Crippen molar-refractivity contribution in [2.75, 3.05) is 5.32 Å². The summed E-state index contributed by atoms with van der Waals surface area (Å²) in [6, 6.07) is 18.8. The summed E-state index contributed by atoms with van der Waals surface area (Å²) in [6.45, 7) is 1.77. The number of aromatic nitrogens is 3. The van der Waals surface area contributed by atoms with Gasteiger partial charge in [0, 0.05) is 5.69 Å². The van der Waals surface area contributed by atoms with Gasteiger partial charge in [-0.15, -0.1) is 5.10 Å². The number of hydrogen-bond acceptors (Lipinski definition) is 3. The van der Waals surface area contributed by atoms with Gasteiger partial charge in [0.25, 0.3) is 5.91 Å². The zero-order valence-electron chi connectivity index (χ0n) is 11.5. The topological polar surface area (TPSA) is 59.8 Å². The third kappa shape index (κ3) is 2.81. The predicted molar refractivity (Wildman–Crippen MR) is 80.5 cm³/mol. The Morgan fingerprint density at radius 3 is 2.24 bits per heavy atom. The highest BCUT2D eigenvalue weighted by Gasteiger charge is 2.16. The van der Waals surface area contributed by atoms with Crippen molar-refractivity contribution in [2.45, 2.75) is 6.92 Å². The molecule has 0 saturated heterocycles. The molecular weight excluding hydrogens is 264 g/mol. The molecule has 3 aromatic rings. The van der Waals surface area contributed by atoms with Gasteiger partial charge < -0.3 is 5.32 Å². The molecule has 0 aliphatic heterocycles. The molecular formula is C16H14N4O. The molecule has 0 aliphatic carbocycles. The highest BCUT2D eigenvalue weighted by molar-refractivity contribution is 6.03. The standard InChI is InChI=1S/C16H14N4O/c1-12-15(16(21)17-13-8-4-2-5-9-13)19-20(18-12)14-10-6-3-7-11-14/h2-11H,1H3,(H,17,21). The summed E-state index contributed by atoms with van der Waals surface area (Å²) in [5.74, 6) is -0.263. The Kier molecular flexibility index (Phi) is 3.47. The first kappa shape index (κ1) is 13.1. The largest absolute Gasteiger partial charge is 0.321 e. The van der Waals surface area contributed by atoms with E-state index >= 15 is 0 Å². The maximum absolute atomic E-state index is 12.3. The minimum absolute atomic E-state index is 0.263. The number of nitrogens with one attached hydrogen (secondary N) is 1. The fourth-order valence-corrected chi connectivity index (χ4v) is 1.98. The second kappa shape index (κ2) is 5.58. The van der Waals surface area contributed by atoms with E-state index in [0.29, 0.717) is 11.4 Å². The van der Waals surface area contributed by atoms with E-state index in [2.05, 4.69) is 15.5 Å². The lowest BCUT2D eigenvalue weighted by molar-refractivity contribution is 0.102. The van der Waals surface area contributed by atoms with Crippen molar-refractivity contribution >= 4 is 11.6 Å². The average molecular weight is 278 g/mol. The SMILES string of the molecule is Cc1nn(-c2ccccc2)nc1C(=O)Nc1ccccc1. The van der Waals surface area contributed by atoms with E-state index < -0.39 is 0 Å². The highest BCUT2D eigenvalue weighted by Crippen LogP contribution is 2.11. The highest BCUT2D eigenvalue weighted by atomic mass is 16.2. The van der Waals surface area contributed by atoms with Gasteiger partial charge in [-0.3, -0.25) is 4.79 Å². The first-order chi connectivity index (χ1) is 10.2. The molecule has 0 fully saturated rings. The van der Waals surface area contributed by atoms with Crippen molar-refractivity contribution in [2.24, 2.45) is 0 Å². The molecule has 2 aromatic carbocycles. The molecule has 0 bridgehead atoms. The van der Waals surface area contributed by atoms with E-state index in [1.807, 2.05) is 60.7 Å². The maximum Gasteiger partial charge on any atom is 0.278 e. The Labute approximate surface area is 122 Å². The van der Waals surface area contributed by atoms with Crippen LogP contribution in [0.2, 0.25) is 0 Å². The molecule has 0 unspecified atom stereocenters.